The number of carbonyl (C=O) groups is 1. The van der Waals surface area contributed by atoms with Crippen molar-refractivity contribution in [1.29, 1.82) is 0 Å². The van der Waals surface area contributed by atoms with E-state index in [9.17, 15) is 4.79 Å². The number of esters is 1. The molecular weight excluding hydrogens is 252 g/mol. The Morgan fingerprint density at radius 2 is 2.05 bits per heavy atom. The van der Waals surface area contributed by atoms with Gasteiger partial charge in [-0.3, -0.25) is 0 Å². The van der Waals surface area contributed by atoms with Crippen molar-refractivity contribution < 1.29 is 9.53 Å². The maximum atomic E-state index is 11.2. The topological polar surface area (TPSA) is 26.3 Å². The molecule has 0 saturated heterocycles. The molecule has 0 saturated carbocycles. The Morgan fingerprint density at radius 1 is 1.37 bits per heavy atom. The number of hydrogen-bond donors (Lipinski definition) is 0. The monoisotopic (exact) mass is 274 g/mol. The van der Waals surface area contributed by atoms with Gasteiger partial charge in [-0.25, -0.2) is 4.79 Å². The van der Waals surface area contributed by atoms with Gasteiger partial charge in [-0.2, -0.15) is 0 Å². The average Bonchev–Trinajstić information content (AvgIpc) is 2.44. The summed E-state index contributed by atoms with van der Waals surface area (Å²) < 4.78 is 5.12. The van der Waals surface area contributed by atoms with Crippen LogP contribution in [-0.2, 0) is 9.53 Å². The van der Waals surface area contributed by atoms with Gasteiger partial charge in [0.15, 0.2) is 0 Å². The number of allylic oxidation sites excluding steroid dienone is 1. The Bertz CT molecular complexity index is 439. The van der Waals surface area contributed by atoms with Crippen LogP contribution < -0.4 is 5.19 Å². The summed E-state index contributed by atoms with van der Waals surface area (Å²) >= 11 is 0. The zero-order chi connectivity index (χ0) is 14.1. The van der Waals surface area contributed by atoms with E-state index in [0.717, 1.165) is 12.5 Å². The van der Waals surface area contributed by atoms with E-state index in [0.29, 0.717) is 6.61 Å². The van der Waals surface area contributed by atoms with Gasteiger partial charge < -0.3 is 4.74 Å². The lowest BCUT2D eigenvalue weighted by Gasteiger charge is -2.23. The van der Waals surface area contributed by atoms with Gasteiger partial charge in [-0.05, 0) is 19.4 Å². The van der Waals surface area contributed by atoms with Crippen molar-refractivity contribution in [2.75, 3.05) is 6.61 Å². The molecule has 1 atom stereocenters. The van der Waals surface area contributed by atoms with E-state index in [1.807, 2.05) is 6.07 Å². The van der Waals surface area contributed by atoms with Gasteiger partial charge in [0.1, 0.15) is 8.07 Å². The molecule has 1 unspecified atom stereocenters. The fourth-order valence-electron chi connectivity index (χ4n) is 1.98. The molecule has 0 N–H and O–H groups in total. The van der Waals surface area contributed by atoms with Gasteiger partial charge >= 0.3 is 5.97 Å². The van der Waals surface area contributed by atoms with Crippen molar-refractivity contribution >= 4 is 19.2 Å². The first-order valence-corrected chi connectivity index (χ1v) is 9.39. The fraction of sp³-hybridized carbons (Fsp3) is 0.312. The fourth-order valence-corrected chi connectivity index (χ4v) is 4.54. The molecule has 0 aliphatic rings. The van der Waals surface area contributed by atoms with E-state index >= 15 is 0 Å². The van der Waals surface area contributed by atoms with Crippen molar-refractivity contribution in [3.8, 4) is 0 Å². The van der Waals surface area contributed by atoms with Crippen molar-refractivity contribution in [3.63, 3.8) is 0 Å². The highest BCUT2D eigenvalue weighted by Gasteiger charge is 2.24. The molecule has 0 fully saturated rings. The first-order valence-electron chi connectivity index (χ1n) is 6.61. The van der Waals surface area contributed by atoms with Crippen LogP contribution >= 0.6 is 0 Å². The highest BCUT2D eigenvalue weighted by atomic mass is 28.3. The van der Waals surface area contributed by atoms with E-state index in [2.05, 4.69) is 43.1 Å². The highest BCUT2D eigenvalue weighted by Crippen LogP contribution is 2.14. The second kappa shape index (κ2) is 7.74. The van der Waals surface area contributed by atoms with Crippen LogP contribution in [0.2, 0.25) is 12.6 Å². The molecule has 0 amide bonds. The third kappa shape index (κ3) is 4.87. The lowest BCUT2D eigenvalue weighted by molar-refractivity contribution is -0.137. The van der Waals surface area contributed by atoms with Gasteiger partial charge in [-0.15, -0.1) is 6.58 Å². The van der Waals surface area contributed by atoms with Crippen LogP contribution in [0.25, 0.3) is 0 Å². The van der Waals surface area contributed by atoms with Crippen LogP contribution in [0.5, 0.6) is 0 Å². The predicted molar refractivity (Wildman–Crippen MR) is 83.1 cm³/mol. The summed E-state index contributed by atoms with van der Waals surface area (Å²) in [5.74, 6) is -0.260. The summed E-state index contributed by atoms with van der Waals surface area (Å²) in [6.07, 6.45) is 4.02. The molecule has 0 spiro atoms. The molecule has 2 nitrogen and oxygen atoms in total. The van der Waals surface area contributed by atoms with Gasteiger partial charge in [0.05, 0.1) is 6.61 Å². The largest absolute Gasteiger partial charge is 0.463 e. The number of hydrogen-bond acceptors (Lipinski definition) is 2. The molecule has 1 aromatic rings. The first kappa shape index (κ1) is 15.4. The molecule has 3 heteroatoms. The smallest absolute Gasteiger partial charge is 0.330 e. The van der Waals surface area contributed by atoms with Crippen LogP contribution in [0, 0.1) is 0 Å². The second-order valence-corrected chi connectivity index (χ2v) is 9.08. The number of carbonyl (C=O) groups excluding carboxylic acids is 1. The van der Waals surface area contributed by atoms with Crippen molar-refractivity contribution in [2.24, 2.45) is 0 Å². The van der Waals surface area contributed by atoms with Crippen molar-refractivity contribution in [3.05, 3.63) is 54.8 Å². The van der Waals surface area contributed by atoms with Gasteiger partial charge in [-0.1, -0.05) is 53.8 Å². The molecule has 1 aromatic carbocycles. The van der Waals surface area contributed by atoms with Gasteiger partial charge in [0, 0.05) is 6.08 Å². The molecule has 1 rings (SSSR count). The Hall–Kier alpha value is -1.61. The number of rotatable bonds is 7. The Balaban J connectivity index is 2.49. The maximum Gasteiger partial charge on any atom is 0.330 e. The lowest BCUT2D eigenvalue weighted by atomic mass is 10.4. The molecule has 0 aliphatic carbocycles. The lowest BCUT2D eigenvalue weighted by Crippen LogP contribution is -2.42. The average molecular weight is 274 g/mol. The van der Waals surface area contributed by atoms with E-state index in [4.69, 9.17) is 4.74 Å². The molecule has 0 aliphatic heterocycles. The van der Waals surface area contributed by atoms with Crippen LogP contribution in [0.1, 0.15) is 13.3 Å². The van der Waals surface area contributed by atoms with E-state index in [1.54, 1.807) is 13.0 Å². The minimum absolute atomic E-state index is 0.260. The van der Waals surface area contributed by atoms with E-state index in [1.165, 1.54) is 11.3 Å². The highest BCUT2D eigenvalue weighted by molar-refractivity contribution is 6.94. The molecule has 0 aromatic heterocycles. The quantitative estimate of drug-likeness (QED) is 0.330. The molecule has 102 valence electrons. The summed E-state index contributed by atoms with van der Waals surface area (Å²) in [4.78, 5) is 11.2. The van der Waals surface area contributed by atoms with Crippen molar-refractivity contribution in [1.82, 2.24) is 0 Å². The van der Waals surface area contributed by atoms with Crippen LogP contribution in [-0.4, -0.2) is 20.7 Å². The van der Waals surface area contributed by atoms with Crippen LogP contribution in [0.15, 0.2) is 54.8 Å². The van der Waals surface area contributed by atoms with E-state index < -0.39 is 8.07 Å². The zero-order valence-corrected chi connectivity index (χ0v) is 12.8. The summed E-state index contributed by atoms with van der Waals surface area (Å²) in [6, 6.07) is 11.5. The Labute approximate surface area is 116 Å². The Morgan fingerprint density at radius 3 is 2.63 bits per heavy atom. The zero-order valence-electron chi connectivity index (χ0n) is 11.8. The first-order chi connectivity index (χ1) is 9.12. The second-order valence-electron chi connectivity index (χ2n) is 4.76. The maximum absolute atomic E-state index is 11.2. The minimum Gasteiger partial charge on any atom is -0.463 e. The van der Waals surface area contributed by atoms with Crippen molar-refractivity contribution in [2.45, 2.75) is 25.9 Å². The molecule has 0 heterocycles. The van der Waals surface area contributed by atoms with E-state index in [-0.39, 0.29) is 5.97 Å². The minimum atomic E-state index is -1.64. The summed E-state index contributed by atoms with van der Waals surface area (Å²) in [5, 5.41) is 1.38. The standard InChI is InChI=1S/C16H22O2Si/c1-4-10-16(17)18-13-9-14-19(3,5-2)15-11-7-6-8-12-15/h4-8,10-12H,2,9,13-14H2,1,3H3. The number of ether oxygens (including phenoxy) is 1. The van der Waals surface area contributed by atoms with Crippen LogP contribution in [0.3, 0.4) is 0 Å². The summed E-state index contributed by atoms with van der Waals surface area (Å²) in [5.41, 5.74) is 2.11. The normalized spacial score (nSPS) is 14.0. The summed E-state index contributed by atoms with van der Waals surface area (Å²) in [6.45, 7) is 8.57. The third-order valence-electron chi connectivity index (χ3n) is 3.27. The molecular formula is C16H22O2Si. The van der Waals surface area contributed by atoms with Crippen LogP contribution in [0.4, 0.5) is 0 Å². The predicted octanol–water partition coefficient (Wildman–Crippen LogP) is 3.21. The molecule has 0 bridgehead atoms. The summed E-state index contributed by atoms with van der Waals surface area (Å²) in [7, 11) is -1.64. The van der Waals surface area contributed by atoms with Gasteiger partial charge in [0.25, 0.3) is 0 Å². The SMILES string of the molecule is C=C[Si](C)(CCCOC(=O)C=CC)c1ccccc1. The number of benzene rings is 1. The molecule has 0 radical (unpaired) electrons. The molecule has 19 heavy (non-hydrogen) atoms. The Kier molecular flexibility index (Phi) is 6.29. The van der Waals surface area contributed by atoms with Gasteiger partial charge in [0.2, 0.25) is 0 Å². The third-order valence-corrected chi connectivity index (χ3v) is 7.22.